The summed E-state index contributed by atoms with van der Waals surface area (Å²) in [7, 11) is 0. The van der Waals surface area contributed by atoms with Gasteiger partial charge in [-0.05, 0) is 49.8 Å². The Labute approximate surface area is 149 Å². The molecule has 4 nitrogen and oxygen atoms in total. The maximum absolute atomic E-state index is 13.3. The zero-order valence-corrected chi connectivity index (χ0v) is 14.9. The molecule has 1 aromatic rings. The standard InChI is InChI=1S/C20H28FNO3/c1-2-18-17(7-4-12-25-18)19(23)22-10-8-20(24,9-11-22)14-15-5-3-6-16(21)13-15/h3,5-6,13,17-18,24H,2,4,7-12,14H2,1H3. The number of rotatable bonds is 4. The van der Waals surface area contributed by atoms with Crippen LogP contribution >= 0.6 is 0 Å². The highest BCUT2D eigenvalue weighted by Crippen LogP contribution is 2.30. The van der Waals surface area contributed by atoms with Crippen molar-refractivity contribution in [2.75, 3.05) is 19.7 Å². The second-order valence-corrected chi connectivity index (χ2v) is 7.42. The van der Waals surface area contributed by atoms with E-state index in [1.165, 1.54) is 12.1 Å². The number of aliphatic hydroxyl groups is 1. The molecule has 2 heterocycles. The van der Waals surface area contributed by atoms with Crippen LogP contribution in [0.1, 0.15) is 44.6 Å². The quantitative estimate of drug-likeness (QED) is 0.909. The molecule has 25 heavy (non-hydrogen) atoms. The van der Waals surface area contributed by atoms with Crippen LogP contribution in [-0.4, -0.2) is 47.3 Å². The Morgan fingerprint density at radius 1 is 1.40 bits per heavy atom. The number of hydrogen-bond donors (Lipinski definition) is 1. The van der Waals surface area contributed by atoms with Crippen LogP contribution in [0.4, 0.5) is 4.39 Å². The summed E-state index contributed by atoms with van der Waals surface area (Å²) in [6, 6.07) is 6.39. The van der Waals surface area contributed by atoms with Gasteiger partial charge in [-0.25, -0.2) is 4.39 Å². The highest BCUT2D eigenvalue weighted by Gasteiger charge is 2.38. The molecule has 2 unspecified atom stereocenters. The van der Waals surface area contributed by atoms with Crippen molar-refractivity contribution in [1.29, 1.82) is 0 Å². The van der Waals surface area contributed by atoms with E-state index in [4.69, 9.17) is 4.74 Å². The van der Waals surface area contributed by atoms with E-state index in [9.17, 15) is 14.3 Å². The Morgan fingerprint density at radius 3 is 2.84 bits per heavy atom. The average Bonchev–Trinajstić information content (AvgIpc) is 2.61. The zero-order chi connectivity index (χ0) is 17.9. The molecule has 138 valence electrons. The molecule has 2 aliphatic rings. The minimum absolute atomic E-state index is 0.0226. The van der Waals surface area contributed by atoms with Crippen molar-refractivity contribution in [3.63, 3.8) is 0 Å². The van der Waals surface area contributed by atoms with Gasteiger partial charge in [-0.3, -0.25) is 4.79 Å². The van der Waals surface area contributed by atoms with Crippen LogP contribution in [0.25, 0.3) is 0 Å². The van der Waals surface area contributed by atoms with Crippen LogP contribution in [0, 0.1) is 11.7 Å². The van der Waals surface area contributed by atoms with Gasteiger partial charge in [-0.15, -0.1) is 0 Å². The Balaban J connectivity index is 1.58. The number of benzene rings is 1. The monoisotopic (exact) mass is 349 g/mol. The van der Waals surface area contributed by atoms with Crippen molar-refractivity contribution in [1.82, 2.24) is 4.90 Å². The van der Waals surface area contributed by atoms with Gasteiger partial charge in [-0.2, -0.15) is 0 Å². The second-order valence-electron chi connectivity index (χ2n) is 7.42. The smallest absolute Gasteiger partial charge is 0.228 e. The van der Waals surface area contributed by atoms with Gasteiger partial charge in [0.2, 0.25) is 5.91 Å². The third kappa shape index (κ3) is 4.39. The van der Waals surface area contributed by atoms with Gasteiger partial charge in [0, 0.05) is 26.1 Å². The van der Waals surface area contributed by atoms with Gasteiger partial charge in [0.25, 0.3) is 0 Å². The molecule has 0 bridgehead atoms. The fourth-order valence-corrected chi connectivity index (χ4v) is 4.11. The zero-order valence-electron chi connectivity index (χ0n) is 14.9. The largest absolute Gasteiger partial charge is 0.389 e. The first-order chi connectivity index (χ1) is 12.0. The first-order valence-corrected chi connectivity index (χ1v) is 9.38. The van der Waals surface area contributed by atoms with Gasteiger partial charge >= 0.3 is 0 Å². The fourth-order valence-electron chi connectivity index (χ4n) is 4.11. The Hall–Kier alpha value is -1.46. The maximum atomic E-state index is 13.3. The summed E-state index contributed by atoms with van der Waals surface area (Å²) >= 11 is 0. The molecular formula is C20H28FNO3. The molecule has 5 heteroatoms. The molecule has 1 amide bonds. The Bertz CT molecular complexity index is 598. The third-order valence-corrected chi connectivity index (χ3v) is 5.59. The molecule has 0 aliphatic carbocycles. The predicted molar refractivity (Wildman–Crippen MR) is 93.6 cm³/mol. The second kappa shape index (κ2) is 7.83. The normalized spacial score (nSPS) is 26.4. The average molecular weight is 349 g/mol. The van der Waals surface area contributed by atoms with Crippen molar-refractivity contribution in [3.05, 3.63) is 35.6 Å². The lowest BCUT2D eigenvalue weighted by Gasteiger charge is -2.41. The molecule has 2 aliphatic heterocycles. The fraction of sp³-hybridized carbons (Fsp3) is 0.650. The lowest BCUT2D eigenvalue weighted by molar-refractivity contribution is -0.149. The number of carbonyl (C=O) groups is 1. The van der Waals surface area contributed by atoms with Crippen LogP contribution in [0.5, 0.6) is 0 Å². The molecule has 0 radical (unpaired) electrons. The molecule has 2 atom stereocenters. The highest BCUT2D eigenvalue weighted by atomic mass is 19.1. The highest BCUT2D eigenvalue weighted by molar-refractivity contribution is 5.79. The molecule has 0 spiro atoms. The number of ether oxygens (including phenoxy) is 1. The number of halogens is 1. The maximum Gasteiger partial charge on any atom is 0.228 e. The van der Waals surface area contributed by atoms with Gasteiger partial charge < -0.3 is 14.7 Å². The first kappa shape index (κ1) is 18.3. The van der Waals surface area contributed by atoms with Crippen LogP contribution in [0.2, 0.25) is 0 Å². The number of likely N-dealkylation sites (tertiary alicyclic amines) is 1. The minimum atomic E-state index is -0.863. The molecule has 0 aromatic heterocycles. The van der Waals surface area contributed by atoms with Gasteiger partial charge in [0.15, 0.2) is 0 Å². The Kier molecular flexibility index (Phi) is 5.74. The molecule has 1 aromatic carbocycles. The van der Waals surface area contributed by atoms with Crippen LogP contribution in [0.15, 0.2) is 24.3 Å². The van der Waals surface area contributed by atoms with Crippen molar-refractivity contribution in [3.8, 4) is 0 Å². The summed E-state index contributed by atoms with van der Waals surface area (Å²) in [5.74, 6) is -0.163. The SMILES string of the molecule is CCC1OCCCC1C(=O)N1CCC(O)(Cc2cccc(F)c2)CC1. The number of hydrogen-bond acceptors (Lipinski definition) is 3. The topological polar surface area (TPSA) is 49.8 Å². The van der Waals surface area contributed by atoms with Gasteiger partial charge in [0.1, 0.15) is 5.82 Å². The third-order valence-electron chi connectivity index (χ3n) is 5.59. The summed E-state index contributed by atoms with van der Waals surface area (Å²) in [6.07, 6.45) is 4.18. The molecule has 0 saturated carbocycles. The van der Waals surface area contributed by atoms with Crippen molar-refractivity contribution < 1.29 is 19.0 Å². The van der Waals surface area contributed by atoms with Crippen molar-refractivity contribution >= 4 is 5.91 Å². The summed E-state index contributed by atoms with van der Waals surface area (Å²) in [4.78, 5) is 14.7. The van der Waals surface area contributed by atoms with E-state index in [0.29, 0.717) is 32.4 Å². The number of amides is 1. The van der Waals surface area contributed by atoms with E-state index < -0.39 is 5.60 Å². The lowest BCUT2D eigenvalue weighted by Crippen LogP contribution is -2.51. The van der Waals surface area contributed by atoms with E-state index in [1.807, 2.05) is 11.0 Å². The molecular weight excluding hydrogens is 321 g/mol. The van der Waals surface area contributed by atoms with Crippen molar-refractivity contribution in [2.24, 2.45) is 5.92 Å². The molecule has 1 N–H and O–H groups in total. The van der Waals surface area contributed by atoms with Crippen molar-refractivity contribution in [2.45, 2.75) is 57.2 Å². The minimum Gasteiger partial charge on any atom is -0.389 e. The predicted octanol–water partition coefficient (Wildman–Crippen LogP) is 2.93. The van der Waals surface area contributed by atoms with Gasteiger partial charge in [-0.1, -0.05) is 19.1 Å². The number of piperidine rings is 1. The Morgan fingerprint density at radius 2 is 2.16 bits per heavy atom. The van der Waals surface area contributed by atoms with Crippen LogP contribution in [-0.2, 0) is 16.0 Å². The summed E-state index contributed by atoms with van der Waals surface area (Å²) in [5.41, 5.74) is -0.0633. The van der Waals surface area contributed by atoms with E-state index in [1.54, 1.807) is 6.07 Å². The molecule has 2 saturated heterocycles. The summed E-state index contributed by atoms with van der Waals surface area (Å²) in [5, 5.41) is 10.8. The van der Waals surface area contributed by atoms with E-state index >= 15 is 0 Å². The van der Waals surface area contributed by atoms with Crippen LogP contribution < -0.4 is 0 Å². The lowest BCUT2D eigenvalue weighted by atomic mass is 9.84. The van der Waals surface area contributed by atoms with E-state index in [2.05, 4.69) is 6.92 Å². The molecule has 2 fully saturated rings. The van der Waals surface area contributed by atoms with Crippen LogP contribution in [0.3, 0.4) is 0 Å². The summed E-state index contributed by atoms with van der Waals surface area (Å²) < 4.78 is 19.1. The van der Waals surface area contributed by atoms with Gasteiger partial charge in [0.05, 0.1) is 17.6 Å². The molecule has 3 rings (SSSR count). The van der Waals surface area contributed by atoms with E-state index in [-0.39, 0.29) is 23.7 Å². The van der Waals surface area contributed by atoms with E-state index in [0.717, 1.165) is 31.4 Å². The number of carbonyl (C=O) groups excluding carboxylic acids is 1. The first-order valence-electron chi connectivity index (χ1n) is 9.38. The summed E-state index contributed by atoms with van der Waals surface area (Å²) in [6.45, 7) is 3.91. The number of nitrogens with zero attached hydrogens (tertiary/aromatic N) is 1.